The summed E-state index contributed by atoms with van der Waals surface area (Å²) in [6.07, 6.45) is 1.80. The Kier molecular flexibility index (Phi) is 4.97. The average Bonchev–Trinajstić information content (AvgIpc) is 3.11. The summed E-state index contributed by atoms with van der Waals surface area (Å²) in [6, 6.07) is 0. The second kappa shape index (κ2) is 6.60. The summed E-state index contributed by atoms with van der Waals surface area (Å²) in [4.78, 5) is 26.5. The lowest BCUT2D eigenvalue weighted by molar-refractivity contribution is 0.0289. The molecule has 0 spiro atoms. The van der Waals surface area contributed by atoms with Crippen LogP contribution in [0.2, 0.25) is 0 Å². The number of Topliss-reactive ketones (excluding diaryl/α,β-unsaturated/α-hetero) is 1. The Balaban J connectivity index is 2.09. The van der Waals surface area contributed by atoms with Gasteiger partial charge in [-0.15, -0.1) is 0 Å². The molecule has 1 saturated heterocycles. The molecule has 1 aromatic rings. The van der Waals surface area contributed by atoms with Crippen LogP contribution in [-0.4, -0.2) is 52.4 Å². The highest BCUT2D eigenvalue weighted by molar-refractivity contribution is 5.99. The first-order valence-corrected chi connectivity index (χ1v) is 7.88. The van der Waals surface area contributed by atoms with Crippen LogP contribution < -0.4 is 4.74 Å². The van der Waals surface area contributed by atoms with Gasteiger partial charge in [0.1, 0.15) is 11.3 Å². The fraction of sp³-hybridized carbons (Fsp3) is 0.688. The van der Waals surface area contributed by atoms with Gasteiger partial charge in [0.25, 0.3) is 0 Å². The SMILES string of the molecule is CCn1ncc(OC)c1C(=O)C1CCN(C(=O)OC(C)(C)C)C1. The lowest BCUT2D eigenvalue weighted by Crippen LogP contribution is -2.36. The van der Waals surface area contributed by atoms with E-state index in [1.165, 1.54) is 7.11 Å². The van der Waals surface area contributed by atoms with Crippen molar-refractivity contribution in [2.75, 3.05) is 20.2 Å². The lowest BCUT2D eigenvalue weighted by atomic mass is 10.0. The minimum Gasteiger partial charge on any atom is -0.493 e. The van der Waals surface area contributed by atoms with Crippen LogP contribution in [0.5, 0.6) is 5.75 Å². The number of amides is 1. The number of likely N-dealkylation sites (tertiary alicyclic amines) is 1. The van der Waals surface area contributed by atoms with Gasteiger partial charge in [0.05, 0.1) is 13.3 Å². The molecule has 0 aromatic carbocycles. The second-order valence-electron chi connectivity index (χ2n) is 6.65. The predicted octanol–water partition coefficient (Wildman–Crippen LogP) is 2.35. The summed E-state index contributed by atoms with van der Waals surface area (Å²) in [5, 5.41) is 4.17. The molecule has 7 heteroatoms. The van der Waals surface area contributed by atoms with Crippen LogP contribution in [-0.2, 0) is 11.3 Å². The van der Waals surface area contributed by atoms with Crippen molar-refractivity contribution in [1.82, 2.24) is 14.7 Å². The molecule has 2 rings (SSSR count). The largest absolute Gasteiger partial charge is 0.493 e. The first-order valence-electron chi connectivity index (χ1n) is 7.88. The number of rotatable bonds is 4. The van der Waals surface area contributed by atoms with Crippen molar-refractivity contribution >= 4 is 11.9 Å². The maximum Gasteiger partial charge on any atom is 0.410 e. The van der Waals surface area contributed by atoms with E-state index in [1.54, 1.807) is 15.8 Å². The molecule has 7 nitrogen and oxygen atoms in total. The van der Waals surface area contributed by atoms with E-state index < -0.39 is 5.60 Å². The summed E-state index contributed by atoms with van der Waals surface area (Å²) in [5.41, 5.74) is -0.0606. The van der Waals surface area contributed by atoms with Crippen LogP contribution in [0.25, 0.3) is 0 Å². The second-order valence-corrected chi connectivity index (χ2v) is 6.65. The molecule has 0 aliphatic carbocycles. The molecular weight excluding hydrogens is 298 g/mol. The van der Waals surface area contributed by atoms with Gasteiger partial charge in [0.2, 0.25) is 0 Å². The van der Waals surface area contributed by atoms with Crippen LogP contribution in [0, 0.1) is 5.92 Å². The molecule has 1 aliphatic heterocycles. The molecule has 1 fully saturated rings. The molecule has 1 atom stereocenters. The van der Waals surface area contributed by atoms with E-state index in [1.807, 2.05) is 27.7 Å². The van der Waals surface area contributed by atoms with Gasteiger partial charge in [0.15, 0.2) is 11.5 Å². The van der Waals surface area contributed by atoms with E-state index in [-0.39, 0.29) is 17.8 Å². The Bertz CT molecular complexity index is 567. The Labute approximate surface area is 136 Å². The number of hydrogen-bond donors (Lipinski definition) is 0. The van der Waals surface area contributed by atoms with Crippen LogP contribution in [0.15, 0.2) is 6.20 Å². The third-order valence-electron chi connectivity index (χ3n) is 3.77. The highest BCUT2D eigenvalue weighted by Gasteiger charge is 2.36. The van der Waals surface area contributed by atoms with Crippen molar-refractivity contribution in [2.45, 2.75) is 46.3 Å². The number of aromatic nitrogens is 2. The Morgan fingerprint density at radius 2 is 2.09 bits per heavy atom. The van der Waals surface area contributed by atoms with Gasteiger partial charge in [-0.05, 0) is 34.1 Å². The van der Waals surface area contributed by atoms with Gasteiger partial charge >= 0.3 is 6.09 Å². The van der Waals surface area contributed by atoms with Crippen LogP contribution >= 0.6 is 0 Å². The van der Waals surface area contributed by atoms with Gasteiger partial charge in [-0.25, -0.2) is 4.79 Å². The number of aryl methyl sites for hydroxylation is 1. The van der Waals surface area contributed by atoms with Crippen LogP contribution in [0.1, 0.15) is 44.6 Å². The first kappa shape index (κ1) is 17.3. The number of carbonyl (C=O) groups is 2. The third kappa shape index (κ3) is 3.83. The highest BCUT2D eigenvalue weighted by Crippen LogP contribution is 2.27. The Hall–Kier alpha value is -2.05. The molecule has 0 saturated carbocycles. The number of carbonyl (C=O) groups excluding carboxylic acids is 2. The molecule has 128 valence electrons. The molecule has 2 heterocycles. The molecule has 1 aliphatic rings. The van der Waals surface area contributed by atoms with Gasteiger partial charge in [-0.2, -0.15) is 5.10 Å². The minimum absolute atomic E-state index is 0.0349. The summed E-state index contributed by atoms with van der Waals surface area (Å²) < 4.78 is 12.2. The van der Waals surface area contributed by atoms with Crippen molar-refractivity contribution in [1.29, 1.82) is 0 Å². The first-order chi connectivity index (χ1) is 10.8. The van der Waals surface area contributed by atoms with E-state index in [0.717, 1.165) is 0 Å². The van der Waals surface area contributed by atoms with E-state index >= 15 is 0 Å². The molecular formula is C16H25N3O4. The fourth-order valence-corrected chi connectivity index (χ4v) is 2.67. The van der Waals surface area contributed by atoms with Crippen molar-refractivity contribution in [3.05, 3.63) is 11.9 Å². The maximum atomic E-state index is 12.8. The summed E-state index contributed by atoms with van der Waals surface area (Å²) in [7, 11) is 1.52. The van der Waals surface area contributed by atoms with Gasteiger partial charge in [-0.3, -0.25) is 9.48 Å². The third-order valence-corrected chi connectivity index (χ3v) is 3.77. The summed E-state index contributed by atoms with van der Waals surface area (Å²) >= 11 is 0. The van der Waals surface area contributed by atoms with Gasteiger partial charge in [-0.1, -0.05) is 0 Å². The van der Waals surface area contributed by atoms with Crippen LogP contribution in [0.4, 0.5) is 4.79 Å². The van der Waals surface area contributed by atoms with Crippen molar-refractivity contribution in [2.24, 2.45) is 5.92 Å². The molecule has 0 radical (unpaired) electrons. The normalized spacial score (nSPS) is 18.1. The molecule has 23 heavy (non-hydrogen) atoms. The maximum absolute atomic E-state index is 12.8. The van der Waals surface area contributed by atoms with E-state index in [4.69, 9.17) is 9.47 Å². The lowest BCUT2D eigenvalue weighted by Gasteiger charge is -2.24. The zero-order chi connectivity index (χ0) is 17.2. The van der Waals surface area contributed by atoms with E-state index in [2.05, 4.69) is 5.10 Å². The fourth-order valence-electron chi connectivity index (χ4n) is 2.67. The van der Waals surface area contributed by atoms with Crippen molar-refractivity contribution < 1.29 is 19.1 Å². The van der Waals surface area contributed by atoms with Crippen LogP contribution in [0.3, 0.4) is 0 Å². The average molecular weight is 323 g/mol. The highest BCUT2D eigenvalue weighted by atomic mass is 16.6. The molecule has 0 bridgehead atoms. The number of methoxy groups -OCH3 is 1. The number of ether oxygens (including phenoxy) is 2. The summed E-state index contributed by atoms with van der Waals surface area (Å²) in [6.45, 7) is 8.88. The van der Waals surface area contributed by atoms with E-state index in [0.29, 0.717) is 37.5 Å². The standard InChI is InChI=1S/C16H25N3O4/c1-6-19-13(12(22-5)9-17-19)14(20)11-7-8-18(10-11)15(21)23-16(2,3)4/h9,11H,6-8,10H2,1-5H3. The number of ketones is 1. The minimum atomic E-state index is -0.538. The van der Waals surface area contributed by atoms with Crippen molar-refractivity contribution in [3.8, 4) is 5.75 Å². The van der Waals surface area contributed by atoms with Crippen molar-refractivity contribution in [3.63, 3.8) is 0 Å². The zero-order valence-electron chi connectivity index (χ0n) is 14.5. The number of hydrogen-bond acceptors (Lipinski definition) is 5. The molecule has 1 aromatic heterocycles. The molecule has 1 unspecified atom stereocenters. The Morgan fingerprint density at radius 1 is 1.39 bits per heavy atom. The van der Waals surface area contributed by atoms with Gasteiger partial charge < -0.3 is 14.4 Å². The number of nitrogens with zero attached hydrogens (tertiary/aromatic N) is 3. The smallest absolute Gasteiger partial charge is 0.410 e. The monoisotopic (exact) mass is 323 g/mol. The summed E-state index contributed by atoms with van der Waals surface area (Å²) in [5.74, 6) is 0.193. The quantitative estimate of drug-likeness (QED) is 0.795. The topological polar surface area (TPSA) is 73.7 Å². The van der Waals surface area contributed by atoms with E-state index in [9.17, 15) is 9.59 Å². The zero-order valence-corrected chi connectivity index (χ0v) is 14.5. The molecule has 1 amide bonds. The van der Waals surface area contributed by atoms with Gasteiger partial charge in [0, 0.05) is 25.6 Å². The predicted molar refractivity (Wildman–Crippen MR) is 84.7 cm³/mol. The molecule has 0 N–H and O–H groups in total. The Morgan fingerprint density at radius 3 is 2.65 bits per heavy atom.